The largest absolute Gasteiger partial charge is 0.544 e. The highest BCUT2D eigenvalue weighted by molar-refractivity contribution is 5.70. The lowest BCUT2D eigenvalue weighted by Crippen LogP contribution is -2.55. The van der Waals surface area contributed by atoms with E-state index < -0.39 is 18.1 Å². The molecule has 8 nitrogen and oxygen atoms in total. The Labute approximate surface area is 330 Å². The fraction of sp³-hybridized carbons (Fsp3) is 0.674. The zero-order valence-electron chi connectivity index (χ0n) is 34.9. The number of hydrogen-bond donors (Lipinski definition) is 0. The second-order valence-corrected chi connectivity index (χ2v) is 14.8. The highest BCUT2D eigenvalue weighted by Crippen LogP contribution is 2.13. The highest BCUT2D eigenvalue weighted by Gasteiger charge is 2.25. The fourth-order valence-corrected chi connectivity index (χ4v) is 5.63. The summed E-state index contributed by atoms with van der Waals surface area (Å²) in [6, 6.07) is -0.735. The Kier molecular flexibility index (Phi) is 34.5. The molecule has 2 unspecified atom stereocenters. The van der Waals surface area contributed by atoms with Crippen LogP contribution in [-0.2, 0) is 28.6 Å². The fourth-order valence-electron chi connectivity index (χ4n) is 5.63. The number of likely N-dealkylation sites (N-methyl/N-ethyl adjacent to an activating group) is 1. The van der Waals surface area contributed by atoms with Crippen molar-refractivity contribution in [1.29, 1.82) is 0 Å². The lowest BCUT2D eigenvalue weighted by atomic mass is 10.1. The summed E-state index contributed by atoms with van der Waals surface area (Å²) in [6.45, 7) is 4.38. The number of carbonyl (C=O) groups excluding carboxylic acids is 3. The van der Waals surface area contributed by atoms with Crippen LogP contribution in [0.1, 0.15) is 149 Å². The van der Waals surface area contributed by atoms with Crippen LogP contribution in [0.2, 0.25) is 0 Å². The van der Waals surface area contributed by atoms with Gasteiger partial charge >= 0.3 is 11.9 Å². The average molecular weight is 756 g/mol. The van der Waals surface area contributed by atoms with Crippen molar-refractivity contribution in [3.05, 3.63) is 72.9 Å². The van der Waals surface area contributed by atoms with Crippen molar-refractivity contribution in [3.63, 3.8) is 0 Å². The molecule has 0 aromatic rings. The van der Waals surface area contributed by atoms with E-state index >= 15 is 0 Å². The molecule has 0 saturated heterocycles. The third kappa shape index (κ3) is 34.5. The van der Waals surface area contributed by atoms with Crippen molar-refractivity contribution in [3.8, 4) is 0 Å². The van der Waals surface area contributed by atoms with Crippen molar-refractivity contribution < 1.29 is 38.2 Å². The minimum Gasteiger partial charge on any atom is -0.544 e. The first kappa shape index (κ1) is 50.8. The van der Waals surface area contributed by atoms with E-state index in [-0.39, 0.29) is 42.7 Å². The first-order valence-corrected chi connectivity index (χ1v) is 21.0. The molecule has 2 atom stereocenters. The Morgan fingerprint density at radius 3 is 1.46 bits per heavy atom. The molecule has 0 saturated carbocycles. The van der Waals surface area contributed by atoms with Crippen LogP contribution in [0.4, 0.5) is 0 Å². The topological polar surface area (TPSA) is 102 Å². The van der Waals surface area contributed by atoms with Gasteiger partial charge in [0.25, 0.3) is 0 Å². The molecule has 0 aliphatic heterocycles. The van der Waals surface area contributed by atoms with E-state index in [1.165, 1.54) is 19.3 Å². The number of hydrogen-bond acceptors (Lipinski definition) is 7. The molecule has 0 radical (unpaired) electrons. The maximum Gasteiger partial charge on any atom is 0.306 e. The van der Waals surface area contributed by atoms with E-state index in [1.807, 2.05) is 0 Å². The average Bonchev–Trinajstić information content (AvgIpc) is 3.12. The van der Waals surface area contributed by atoms with Crippen LogP contribution in [-0.4, -0.2) is 75.5 Å². The molecule has 54 heavy (non-hydrogen) atoms. The van der Waals surface area contributed by atoms with E-state index in [1.54, 1.807) is 21.1 Å². The summed E-state index contributed by atoms with van der Waals surface area (Å²) in [7, 11) is 5.38. The number of ether oxygens (including phenoxy) is 3. The van der Waals surface area contributed by atoms with Crippen molar-refractivity contribution >= 4 is 17.9 Å². The number of esters is 2. The Morgan fingerprint density at radius 1 is 0.556 bits per heavy atom. The van der Waals surface area contributed by atoms with Crippen molar-refractivity contribution in [2.45, 2.75) is 161 Å². The van der Waals surface area contributed by atoms with Gasteiger partial charge in [0.2, 0.25) is 0 Å². The summed E-state index contributed by atoms with van der Waals surface area (Å²) in [5.41, 5.74) is 0. The number of carbonyl (C=O) groups is 3. The molecule has 308 valence electrons. The van der Waals surface area contributed by atoms with Crippen LogP contribution in [0.25, 0.3) is 0 Å². The predicted molar refractivity (Wildman–Crippen MR) is 222 cm³/mol. The monoisotopic (exact) mass is 756 g/mol. The van der Waals surface area contributed by atoms with Crippen molar-refractivity contribution in [1.82, 2.24) is 0 Å². The number of nitrogens with zero attached hydrogens (tertiary/aromatic N) is 1. The molecule has 0 N–H and O–H groups in total. The Morgan fingerprint density at radius 2 is 0.981 bits per heavy atom. The summed E-state index contributed by atoms with van der Waals surface area (Å²) in [4.78, 5) is 36.8. The van der Waals surface area contributed by atoms with Crippen LogP contribution in [0.3, 0.4) is 0 Å². The quantitative estimate of drug-likeness (QED) is 0.0272. The molecule has 0 aromatic heterocycles. The number of aliphatic carboxylic acids is 1. The summed E-state index contributed by atoms with van der Waals surface area (Å²) in [5.74, 6) is -1.80. The Hall–Kier alpha value is -3.23. The zero-order valence-corrected chi connectivity index (χ0v) is 34.9. The van der Waals surface area contributed by atoms with E-state index in [9.17, 15) is 19.5 Å². The van der Waals surface area contributed by atoms with E-state index in [0.717, 1.165) is 96.3 Å². The van der Waals surface area contributed by atoms with Gasteiger partial charge in [-0.25, -0.2) is 0 Å². The Bertz CT molecular complexity index is 1110. The first-order valence-electron chi connectivity index (χ1n) is 21.0. The summed E-state index contributed by atoms with van der Waals surface area (Å²) in [6.07, 6.45) is 45.0. The van der Waals surface area contributed by atoms with Crippen LogP contribution < -0.4 is 5.11 Å². The van der Waals surface area contributed by atoms with Gasteiger partial charge in [0.1, 0.15) is 12.6 Å². The first-order chi connectivity index (χ1) is 26.1. The molecule has 0 aromatic carbocycles. The summed E-state index contributed by atoms with van der Waals surface area (Å²) < 4.78 is 17.1. The van der Waals surface area contributed by atoms with Gasteiger partial charge in [0.15, 0.2) is 6.10 Å². The predicted octanol–water partition coefficient (Wildman–Crippen LogP) is 9.85. The number of rotatable bonds is 36. The summed E-state index contributed by atoms with van der Waals surface area (Å²) >= 11 is 0. The number of unbranched alkanes of at least 4 members (excludes halogenated alkanes) is 10. The smallest absolute Gasteiger partial charge is 0.306 e. The van der Waals surface area contributed by atoms with Gasteiger partial charge in [-0.15, -0.1) is 0 Å². The second-order valence-electron chi connectivity index (χ2n) is 14.8. The van der Waals surface area contributed by atoms with Gasteiger partial charge in [0.05, 0.1) is 40.3 Å². The number of carboxylic acid groups (broad SMARTS) is 1. The van der Waals surface area contributed by atoms with Gasteiger partial charge in [0, 0.05) is 19.3 Å². The van der Waals surface area contributed by atoms with Crippen LogP contribution >= 0.6 is 0 Å². The standard InChI is InChI=1S/C46H77NO7/c1-6-8-10-12-14-16-18-20-22-23-25-26-28-30-32-34-36-44(48)53-41-42(40-52-39-38-43(46(50)51)47(3,4)5)54-45(49)37-35-33-31-29-27-24-21-19-17-15-13-11-9-7-2/h8-11,14-17,20,22,25-26,42-43H,6-7,12-13,18-19,21,23-24,27-41H2,1-5H3/b10-8+,11-9+,16-14+,17-15+,22-20+,26-25+. The van der Waals surface area contributed by atoms with Gasteiger partial charge in [-0.3, -0.25) is 9.59 Å². The Balaban J connectivity index is 4.45. The molecular formula is C46H77NO7. The maximum atomic E-state index is 12.7. The summed E-state index contributed by atoms with van der Waals surface area (Å²) in [5, 5.41) is 11.6. The lowest BCUT2D eigenvalue weighted by molar-refractivity contribution is -0.889. The van der Waals surface area contributed by atoms with Crippen molar-refractivity contribution in [2.75, 3.05) is 41.0 Å². The highest BCUT2D eigenvalue weighted by atomic mass is 16.6. The molecule has 0 aliphatic carbocycles. The number of quaternary nitrogens is 1. The second kappa shape index (κ2) is 36.7. The zero-order chi connectivity index (χ0) is 40.0. The van der Waals surface area contributed by atoms with Crippen LogP contribution in [0, 0.1) is 0 Å². The van der Waals surface area contributed by atoms with E-state index in [4.69, 9.17) is 14.2 Å². The van der Waals surface area contributed by atoms with Gasteiger partial charge in [-0.2, -0.15) is 0 Å². The van der Waals surface area contributed by atoms with Crippen molar-refractivity contribution in [2.24, 2.45) is 0 Å². The normalized spacial score (nSPS) is 13.7. The van der Waals surface area contributed by atoms with Crippen LogP contribution in [0.15, 0.2) is 72.9 Å². The minimum absolute atomic E-state index is 0.0232. The molecule has 0 bridgehead atoms. The van der Waals surface area contributed by atoms with Gasteiger partial charge in [-0.05, 0) is 77.0 Å². The molecule has 0 aliphatic rings. The SMILES string of the molecule is CC/C=C/C/C=C/C/C=C/C/C=C/CCCCCC(=O)OCC(COCCC(C(=O)[O-])[N+](C)(C)C)OC(=O)CCCCCCCCC/C=C/C/C=C/CC. The minimum atomic E-state index is -1.13. The molecule has 0 amide bonds. The molecule has 0 rings (SSSR count). The lowest BCUT2D eigenvalue weighted by Gasteiger charge is -2.34. The van der Waals surface area contributed by atoms with Gasteiger partial charge < -0.3 is 28.6 Å². The van der Waals surface area contributed by atoms with Gasteiger partial charge in [-0.1, -0.05) is 125 Å². The number of allylic oxidation sites excluding steroid dienone is 12. The van der Waals surface area contributed by atoms with E-state index in [0.29, 0.717) is 12.8 Å². The third-order valence-electron chi connectivity index (χ3n) is 8.84. The molecule has 0 heterocycles. The number of carboxylic acids is 1. The molecule has 0 fully saturated rings. The van der Waals surface area contributed by atoms with E-state index in [2.05, 4.69) is 86.8 Å². The van der Waals surface area contributed by atoms with Crippen LogP contribution in [0.5, 0.6) is 0 Å². The third-order valence-corrected chi connectivity index (χ3v) is 8.84. The maximum absolute atomic E-state index is 12.7. The molecular weight excluding hydrogens is 679 g/mol. The molecule has 8 heteroatoms. The molecule has 0 spiro atoms.